The summed E-state index contributed by atoms with van der Waals surface area (Å²) in [7, 11) is 0. The highest BCUT2D eigenvalue weighted by atomic mass is 79.9. The average molecular weight is 329 g/mol. The van der Waals surface area contributed by atoms with Crippen LogP contribution in [0, 0.1) is 18.8 Å². The Morgan fingerprint density at radius 1 is 1.47 bits per heavy atom. The first-order valence-corrected chi connectivity index (χ1v) is 8.00. The molecule has 2 heterocycles. The van der Waals surface area contributed by atoms with E-state index in [1.807, 2.05) is 0 Å². The van der Waals surface area contributed by atoms with Crippen LogP contribution in [-0.2, 0) is 13.1 Å². The zero-order valence-electron chi connectivity index (χ0n) is 12.2. The molecule has 1 fully saturated rings. The number of likely N-dealkylation sites (tertiary alicyclic amines) is 1. The summed E-state index contributed by atoms with van der Waals surface area (Å²) in [4.78, 5) is 2.52. The van der Waals surface area contributed by atoms with Crippen molar-refractivity contribution in [2.45, 2.75) is 40.3 Å². The normalized spacial score (nSPS) is 24.9. The molecule has 1 aliphatic heterocycles. The van der Waals surface area contributed by atoms with Gasteiger partial charge in [-0.3, -0.25) is 9.58 Å². The number of piperidine rings is 1. The topological polar surface area (TPSA) is 47.1 Å². The van der Waals surface area contributed by atoms with Crippen molar-refractivity contribution in [1.82, 2.24) is 14.7 Å². The van der Waals surface area contributed by atoms with Crippen LogP contribution in [0.1, 0.15) is 31.7 Å². The zero-order valence-corrected chi connectivity index (χ0v) is 13.8. The van der Waals surface area contributed by atoms with Crippen LogP contribution in [0.25, 0.3) is 0 Å². The van der Waals surface area contributed by atoms with Crippen molar-refractivity contribution in [3.05, 3.63) is 15.9 Å². The Morgan fingerprint density at radius 2 is 2.21 bits per heavy atom. The van der Waals surface area contributed by atoms with Crippen LogP contribution < -0.4 is 5.73 Å². The molecule has 0 spiro atoms. The quantitative estimate of drug-likeness (QED) is 0.923. The molecule has 0 saturated carbocycles. The highest BCUT2D eigenvalue weighted by Gasteiger charge is 2.26. The summed E-state index contributed by atoms with van der Waals surface area (Å²) in [5.41, 5.74) is 8.26. The van der Waals surface area contributed by atoms with Crippen LogP contribution in [0.4, 0.5) is 0 Å². The Labute approximate surface area is 124 Å². The molecule has 1 aromatic rings. The highest BCUT2D eigenvalue weighted by molar-refractivity contribution is 9.10. The van der Waals surface area contributed by atoms with Gasteiger partial charge >= 0.3 is 0 Å². The SMILES string of the molecule is CCn1nc(C)c(Br)c1CN1CCC(C)C(CN)C1. The van der Waals surface area contributed by atoms with Crippen LogP contribution >= 0.6 is 15.9 Å². The molecule has 2 N–H and O–H groups in total. The highest BCUT2D eigenvalue weighted by Crippen LogP contribution is 2.27. The summed E-state index contributed by atoms with van der Waals surface area (Å²) in [6.45, 7) is 11.5. The number of nitrogens with two attached hydrogens (primary N) is 1. The van der Waals surface area contributed by atoms with E-state index in [1.54, 1.807) is 0 Å². The van der Waals surface area contributed by atoms with Gasteiger partial charge in [0.1, 0.15) is 0 Å². The molecule has 1 saturated heterocycles. The third-order valence-electron chi connectivity index (χ3n) is 4.33. The van der Waals surface area contributed by atoms with Gasteiger partial charge < -0.3 is 5.73 Å². The minimum atomic E-state index is 0.631. The predicted molar refractivity (Wildman–Crippen MR) is 81.9 cm³/mol. The molecule has 2 atom stereocenters. The van der Waals surface area contributed by atoms with Crippen LogP contribution in [-0.4, -0.2) is 34.3 Å². The van der Waals surface area contributed by atoms with Gasteiger partial charge in [0, 0.05) is 19.6 Å². The maximum Gasteiger partial charge on any atom is 0.0739 e. The number of rotatable bonds is 4. The van der Waals surface area contributed by atoms with Gasteiger partial charge in [-0.1, -0.05) is 6.92 Å². The molecule has 5 heteroatoms. The van der Waals surface area contributed by atoms with E-state index < -0.39 is 0 Å². The summed E-state index contributed by atoms with van der Waals surface area (Å²) in [6.07, 6.45) is 1.25. The van der Waals surface area contributed by atoms with Crippen molar-refractivity contribution >= 4 is 15.9 Å². The van der Waals surface area contributed by atoms with Crippen molar-refractivity contribution in [2.75, 3.05) is 19.6 Å². The van der Waals surface area contributed by atoms with E-state index in [9.17, 15) is 0 Å². The van der Waals surface area contributed by atoms with Gasteiger partial charge in [-0.05, 0) is 61.1 Å². The maximum atomic E-state index is 5.89. The molecule has 0 aliphatic carbocycles. The van der Waals surface area contributed by atoms with Gasteiger partial charge in [-0.2, -0.15) is 5.10 Å². The molecule has 1 aromatic heterocycles. The van der Waals surface area contributed by atoms with Crippen molar-refractivity contribution in [3.63, 3.8) is 0 Å². The van der Waals surface area contributed by atoms with E-state index in [0.29, 0.717) is 5.92 Å². The van der Waals surface area contributed by atoms with E-state index in [-0.39, 0.29) is 0 Å². The summed E-state index contributed by atoms with van der Waals surface area (Å²) in [5.74, 6) is 1.38. The van der Waals surface area contributed by atoms with Crippen LogP contribution in [0.3, 0.4) is 0 Å². The fourth-order valence-electron chi connectivity index (χ4n) is 2.91. The van der Waals surface area contributed by atoms with Gasteiger partial charge in [0.15, 0.2) is 0 Å². The second kappa shape index (κ2) is 6.37. The molecule has 0 amide bonds. The Hall–Kier alpha value is -0.390. The molecule has 0 radical (unpaired) electrons. The van der Waals surface area contributed by atoms with Gasteiger partial charge in [0.2, 0.25) is 0 Å². The number of hydrogen-bond donors (Lipinski definition) is 1. The first-order valence-electron chi connectivity index (χ1n) is 7.21. The lowest BCUT2D eigenvalue weighted by molar-refractivity contribution is 0.123. The van der Waals surface area contributed by atoms with Crippen molar-refractivity contribution in [1.29, 1.82) is 0 Å². The van der Waals surface area contributed by atoms with E-state index >= 15 is 0 Å². The fraction of sp³-hybridized carbons (Fsp3) is 0.786. The van der Waals surface area contributed by atoms with E-state index in [1.165, 1.54) is 12.1 Å². The molecule has 19 heavy (non-hydrogen) atoms. The van der Waals surface area contributed by atoms with Crippen LogP contribution in [0.15, 0.2) is 4.47 Å². The molecule has 1 aliphatic rings. The van der Waals surface area contributed by atoms with Gasteiger partial charge in [-0.15, -0.1) is 0 Å². The average Bonchev–Trinajstić information content (AvgIpc) is 2.68. The largest absolute Gasteiger partial charge is 0.330 e. The Balaban J connectivity index is 2.09. The lowest BCUT2D eigenvalue weighted by Crippen LogP contribution is -2.42. The monoisotopic (exact) mass is 328 g/mol. The van der Waals surface area contributed by atoms with Gasteiger partial charge in [-0.25, -0.2) is 0 Å². The molecular weight excluding hydrogens is 304 g/mol. The van der Waals surface area contributed by atoms with Crippen molar-refractivity contribution in [3.8, 4) is 0 Å². The predicted octanol–water partition coefficient (Wildman–Crippen LogP) is 2.39. The summed E-state index contributed by atoms with van der Waals surface area (Å²) < 4.78 is 3.27. The molecule has 2 rings (SSSR count). The molecule has 2 unspecified atom stereocenters. The Morgan fingerprint density at radius 3 is 2.84 bits per heavy atom. The summed E-state index contributed by atoms with van der Waals surface area (Å²) >= 11 is 3.68. The first-order chi connectivity index (χ1) is 9.06. The van der Waals surface area contributed by atoms with Crippen molar-refractivity contribution < 1.29 is 0 Å². The third-order valence-corrected chi connectivity index (χ3v) is 5.36. The number of nitrogens with zero attached hydrogens (tertiary/aromatic N) is 3. The minimum absolute atomic E-state index is 0.631. The number of aryl methyl sites for hydroxylation is 2. The number of halogens is 1. The zero-order chi connectivity index (χ0) is 14.0. The second-order valence-electron chi connectivity index (χ2n) is 5.66. The standard InChI is InChI=1S/C14H25BrN4/c1-4-19-13(14(15)11(3)17-19)9-18-6-5-10(2)12(7-16)8-18/h10,12H,4-9,16H2,1-3H3. The maximum absolute atomic E-state index is 5.89. The van der Waals surface area contributed by atoms with Crippen LogP contribution in [0.2, 0.25) is 0 Å². The first kappa shape index (κ1) is 15.0. The Bertz CT molecular complexity index is 429. The third kappa shape index (κ3) is 3.20. The molecule has 4 nitrogen and oxygen atoms in total. The van der Waals surface area contributed by atoms with E-state index in [4.69, 9.17) is 5.73 Å². The Kier molecular flexibility index (Phi) is 5.03. The molecule has 0 aromatic carbocycles. The van der Waals surface area contributed by atoms with Crippen molar-refractivity contribution in [2.24, 2.45) is 17.6 Å². The molecule has 0 bridgehead atoms. The second-order valence-corrected chi connectivity index (χ2v) is 6.45. The molecule has 108 valence electrons. The molecular formula is C14H25BrN4. The van der Waals surface area contributed by atoms with E-state index in [2.05, 4.69) is 51.4 Å². The van der Waals surface area contributed by atoms with Crippen LogP contribution in [0.5, 0.6) is 0 Å². The van der Waals surface area contributed by atoms with Gasteiger partial charge in [0.25, 0.3) is 0 Å². The summed E-state index contributed by atoms with van der Waals surface area (Å²) in [6, 6.07) is 0. The fourth-order valence-corrected chi connectivity index (χ4v) is 3.32. The number of aromatic nitrogens is 2. The lowest BCUT2D eigenvalue weighted by atomic mass is 9.87. The van der Waals surface area contributed by atoms with Gasteiger partial charge in [0.05, 0.1) is 15.9 Å². The summed E-state index contributed by atoms with van der Waals surface area (Å²) in [5, 5.41) is 4.57. The minimum Gasteiger partial charge on any atom is -0.330 e. The van der Waals surface area contributed by atoms with E-state index in [0.717, 1.165) is 48.8 Å². The number of hydrogen-bond acceptors (Lipinski definition) is 3. The lowest BCUT2D eigenvalue weighted by Gasteiger charge is -2.36. The smallest absolute Gasteiger partial charge is 0.0739 e.